The predicted molar refractivity (Wildman–Crippen MR) is 151 cm³/mol. The van der Waals surface area contributed by atoms with Crippen molar-refractivity contribution in [2.45, 2.75) is 143 Å². The quantitative estimate of drug-likeness (QED) is 0.0590. The van der Waals surface area contributed by atoms with E-state index in [2.05, 4.69) is 33.0 Å². The number of phosphoric ester groups is 1. The number of hydrogen-bond acceptors (Lipinski definition) is 3. The maximum absolute atomic E-state index is 11.4. The van der Waals surface area contributed by atoms with Crippen molar-refractivity contribution in [3.8, 4) is 0 Å². The van der Waals surface area contributed by atoms with E-state index in [0.717, 1.165) is 37.2 Å². The second-order valence-corrected chi connectivity index (χ2v) is 11.7. The van der Waals surface area contributed by atoms with Gasteiger partial charge in [-0.05, 0) is 46.7 Å². The summed E-state index contributed by atoms with van der Waals surface area (Å²) in [6.07, 6.45) is 22.2. The zero-order valence-electron chi connectivity index (χ0n) is 23.9. The summed E-state index contributed by atoms with van der Waals surface area (Å²) in [5.41, 5.74) is 0. The Kier molecular flexibility index (Phi) is 23.2. The molecule has 0 amide bonds. The first kappa shape index (κ1) is 35.0. The van der Waals surface area contributed by atoms with Crippen LogP contribution < -0.4 is 5.32 Å². The Balaban J connectivity index is 3.68. The van der Waals surface area contributed by atoms with Crippen LogP contribution in [0.5, 0.6) is 0 Å². The monoisotopic (exact) mass is 521 g/mol. The topological polar surface area (TPSA) is 78.8 Å². The van der Waals surface area contributed by atoms with Gasteiger partial charge in [-0.3, -0.25) is 4.52 Å². The molecule has 0 fully saturated rings. The first-order valence-electron chi connectivity index (χ1n) is 15.1. The molecule has 0 saturated carbocycles. The van der Waals surface area contributed by atoms with E-state index < -0.39 is 13.9 Å². The highest BCUT2D eigenvalue weighted by Gasteiger charge is 2.31. The van der Waals surface area contributed by atoms with Crippen molar-refractivity contribution < 1.29 is 23.4 Å². The lowest BCUT2D eigenvalue weighted by atomic mass is 10.0. The van der Waals surface area contributed by atoms with Crippen LogP contribution in [0.25, 0.3) is 0 Å². The zero-order valence-corrected chi connectivity index (χ0v) is 24.8. The molecule has 0 bridgehead atoms. The lowest BCUT2D eigenvalue weighted by Gasteiger charge is -2.38. The minimum absolute atomic E-state index is 0.422. The first-order chi connectivity index (χ1) is 16.8. The molecule has 35 heavy (non-hydrogen) atoms. The summed E-state index contributed by atoms with van der Waals surface area (Å²) in [7, 11) is -4.47. The van der Waals surface area contributed by atoms with Gasteiger partial charge in [-0.2, -0.15) is 0 Å². The van der Waals surface area contributed by atoms with Crippen LogP contribution >= 0.6 is 7.82 Å². The van der Waals surface area contributed by atoms with Gasteiger partial charge >= 0.3 is 7.82 Å². The highest BCUT2D eigenvalue weighted by molar-refractivity contribution is 7.46. The summed E-state index contributed by atoms with van der Waals surface area (Å²) in [5.74, 6) is 0. The average Bonchev–Trinajstić information content (AvgIpc) is 2.83. The van der Waals surface area contributed by atoms with Gasteiger partial charge < -0.3 is 19.6 Å². The van der Waals surface area contributed by atoms with E-state index in [1.54, 1.807) is 0 Å². The van der Waals surface area contributed by atoms with E-state index in [0.29, 0.717) is 13.0 Å². The third kappa shape index (κ3) is 21.8. The Bertz CT molecular complexity index is 489. The maximum atomic E-state index is 11.4. The number of nitrogens with one attached hydrogen (secondary N) is 1. The summed E-state index contributed by atoms with van der Waals surface area (Å²) in [4.78, 5) is 18.6. The van der Waals surface area contributed by atoms with Gasteiger partial charge in [0.15, 0.2) is 0 Å². The van der Waals surface area contributed by atoms with E-state index >= 15 is 0 Å². The third-order valence-corrected chi connectivity index (χ3v) is 8.31. The lowest BCUT2D eigenvalue weighted by Crippen LogP contribution is -2.52. The van der Waals surface area contributed by atoms with Gasteiger partial charge in [0.05, 0.1) is 19.6 Å². The molecule has 0 aliphatic carbocycles. The SMILES string of the molecule is CCCCCCCCCCCCCCCCCCNCCC(C[N+](CC)(CC)CC)OP(=O)(O)O. The predicted octanol–water partition coefficient (Wildman–Crippen LogP) is 7.58. The van der Waals surface area contributed by atoms with Crippen molar-refractivity contribution in [1.82, 2.24) is 5.32 Å². The molecular formula is C28H62N2O4P+. The minimum Gasteiger partial charge on any atom is -0.322 e. The van der Waals surface area contributed by atoms with Gasteiger partial charge in [-0.15, -0.1) is 0 Å². The van der Waals surface area contributed by atoms with Gasteiger partial charge in [0.2, 0.25) is 0 Å². The van der Waals surface area contributed by atoms with Crippen molar-refractivity contribution >= 4 is 7.82 Å². The van der Waals surface area contributed by atoms with E-state index in [1.807, 2.05) is 0 Å². The van der Waals surface area contributed by atoms with Gasteiger partial charge in [0.25, 0.3) is 0 Å². The van der Waals surface area contributed by atoms with Crippen LogP contribution in [0.4, 0.5) is 0 Å². The third-order valence-electron chi connectivity index (χ3n) is 7.74. The lowest BCUT2D eigenvalue weighted by molar-refractivity contribution is -0.925. The summed E-state index contributed by atoms with van der Waals surface area (Å²) in [6, 6.07) is 0. The molecule has 212 valence electrons. The molecule has 0 aromatic rings. The molecule has 0 saturated heterocycles. The van der Waals surface area contributed by atoms with E-state index in [9.17, 15) is 14.4 Å². The van der Waals surface area contributed by atoms with Crippen molar-refractivity contribution in [3.63, 3.8) is 0 Å². The van der Waals surface area contributed by atoms with Crippen LogP contribution in [0.1, 0.15) is 137 Å². The molecule has 1 atom stereocenters. The number of hydrogen-bond donors (Lipinski definition) is 3. The van der Waals surface area contributed by atoms with Crippen LogP contribution in [-0.4, -0.2) is 59.6 Å². The molecule has 0 aromatic heterocycles. The van der Waals surface area contributed by atoms with Crippen LogP contribution in [0, 0.1) is 0 Å². The zero-order chi connectivity index (χ0) is 26.3. The van der Waals surface area contributed by atoms with Crippen LogP contribution in [0.2, 0.25) is 0 Å². The molecule has 0 rings (SSSR count). The standard InChI is InChI=1S/C28H61N2O4P/c1-5-9-10-11-12-13-14-15-16-17-18-19-20-21-22-23-25-29-26-24-28(34-35(31,32)33)27-30(6-2,7-3)8-4/h28-29H,5-27H2,1-4H3,(H-,31,32,33)/p+1. The van der Waals surface area contributed by atoms with Gasteiger partial charge in [-0.1, -0.05) is 103 Å². The molecule has 0 aliphatic heterocycles. The molecule has 0 aromatic carbocycles. The molecule has 6 nitrogen and oxygen atoms in total. The molecule has 0 spiro atoms. The van der Waals surface area contributed by atoms with E-state index in [-0.39, 0.29) is 0 Å². The van der Waals surface area contributed by atoms with Crippen molar-refractivity contribution in [2.75, 3.05) is 39.3 Å². The Morgan fingerprint density at radius 1 is 0.657 bits per heavy atom. The molecule has 0 heterocycles. The van der Waals surface area contributed by atoms with Gasteiger partial charge in [-0.25, -0.2) is 4.57 Å². The fourth-order valence-corrected chi connectivity index (χ4v) is 5.61. The highest BCUT2D eigenvalue weighted by atomic mass is 31.2. The molecule has 3 N–H and O–H groups in total. The number of quaternary nitrogens is 1. The molecular weight excluding hydrogens is 459 g/mol. The molecule has 0 radical (unpaired) electrons. The summed E-state index contributed by atoms with van der Waals surface area (Å²) >= 11 is 0. The number of phosphoric acid groups is 1. The van der Waals surface area contributed by atoms with Crippen molar-refractivity contribution in [1.29, 1.82) is 0 Å². The Morgan fingerprint density at radius 3 is 1.43 bits per heavy atom. The van der Waals surface area contributed by atoms with E-state index in [4.69, 9.17) is 4.52 Å². The Morgan fingerprint density at radius 2 is 1.06 bits per heavy atom. The second kappa shape index (κ2) is 23.2. The average molecular weight is 522 g/mol. The van der Waals surface area contributed by atoms with Crippen LogP contribution in [0.15, 0.2) is 0 Å². The second-order valence-electron chi connectivity index (χ2n) is 10.5. The normalized spacial score (nSPS) is 13.4. The number of likely N-dealkylation sites (N-methyl/N-ethyl adjacent to an activating group) is 1. The van der Waals surface area contributed by atoms with Crippen molar-refractivity contribution in [3.05, 3.63) is 0 Å². The first-order valence-corrected chi connectivity index (χ1v) is 16.6. The molecule has 7 heteroatoms. The van der Waals surface area contributed by atoms with Crippen LogP contribution in [-0.2, 0) is 9.09 Å². The minimum atomic E-state index is -4.47. The molecule has 1 unspecified atom stereocenters. The fourth-order valence-electron chi connectivity index (χ4n) is 5.05. The smallest absolute Gasteiger partial charge is 0.322 e. The largest absolute Gasteiger partial charge is 0.470 e. The number of unbranched alkanes of at least 4 members (excludes halogenated alkanes) is 15. The number of nitrogens with zero attached hydrogens (tertiary/aromatic N) is 1. The fraction of sp³-hybridized carbons (Fsp3) is 1.00. The van der Waals surface area contributed by atoms with Crippen LogP contribution in [0.3, 0.4) is 0 Å². The highest BCUT2D eigenvalue weighted by Crippen LogP contribution is 2.38. The van der Waals surface area contributed by atoms with Crippen molar-refractivity contribution in [2.24, 2.45) is 0 Å². The summed E-state index contributed by atoms with van der Waals surface area (Å²) in [5, 5.41) is 3.45. The Hall–Kier alpha value is 0.0300. The van der Waals surface area contributed by atoms with Gasteiger partial charge in [0.1, 0.15) is 12.6 Å². The molecule has 0 aliphatic rings. The number of rotatable bonds is 27. The summed E-state index contributed by atoms with van der Waals surface area (Å²) < 4.78 is 17.4. The van der Waals surface area contributed by atoms with Gasteiger partial charge in [0, 0.05) is 0 Å². The Labute approximate surface area is 218 Å². The maximum Gasteiger partial charge on any atom is 0.470 e. The van der Waals surface area contributed by atoms with E-state index in [1.165, 1.54) is 103 Å². The summed E-state index contributed by atoms with van der Waals surface area (Å²) in [6.45, 7) is 13.9.